The van der Waals surface area contributed by atoms with Gasteiger partial charge in [-0.05, 0) is 25.7 Å². The predicted octanol–water partition coefficient (Wildman–Crippen LogP) is 1.12. The average molecular weight is 243 g/mol. The minimum Gasteiger partial charge on any atom is -0.480 e. The number of aliphatic carboxylic acids is 1. The Hall–Kier alpha value is -1.10. The third-order valence-electron chi connectivity index (χ3n) is 2.73. The van der Waals surface area contributed by atoms with E-state index in [2.05, 4.69) is 0 Å². The number of hydrogen-bond donors (Lipinski definition) is 1. The van der Waals surface area contributed by atoms with Gasteiger partial charge in [0.05, 0.1) is 6.10 Å². The van der Waals surface area contributed by atoms with Crippen molar-refractivity contribution in [2.45, 2.75) is 45.8 Å². The Morgan fingerprint density at radius 2 is 2.06 bits per heavy atom. The van der Waals surface area contributed by atoms with E-state index in [1.807, 2.05) is 20.8 Å². The number of carboxylic acids is 1. The van der Waals surface area contributed by atoms with Crippen molar-refractivity contribution in [1.29, 1.82) is 0 Å². The van der Waals surface area contributed by atoms with Gasteiger partial charge in [-0.2, -0.15) is 0 Å². The zero-order chi connectivity index (χ0) is 13.0. The number of ether oxygens (including phenoxy) is 1. The Kier molecular flexibility index (Phi) is 4.93. The van der Waals surface area contributed by atoms with E-state index in [1.54, 1.807) is 0 Å². The highest BCUT2D eigenvalue weighted by Gasteiger charge is 2.32. The number of carbonyl (C=O) groups is 2. The molecule has 5 heteroatoms. The van der Waals surface area contributed by atoms with Gasteiger partial charge in [0.25, 0.3) is 5.91 Å². The van der Waals surface area contributed by atoms with Crippen molar-refractivity contribution in [2.24, 2.45) is 5.92 Å². The van der Waals surface area contributed by atoms with E-state index in [-0.39, 0.29) is 24.5 Å². The zero-order valence-corrected chi connectivity index (χ0v) is 10.7. The van der Waals surface area contributed by atoms with E-state index in [0.717, 1.165) is 6.42 Å². The number of hydrogen-bond acceptors (Lipinski definition) is 3. The summed E-state index contributed by atoms with van der Waals surface area (Å²) in [6, 6.07) is 0. The molecule has 1 aliphatic heterocycles. The first-order chi connectivity index (χ1) is 7.90. The highest BCUT2D eigenvalue weighted by Crippen LogP contribution is 2.21. The molecule has 98 valence electrons. The van der Waals surface area contributed by atoms with Gasteiger partial charge >= 0.3 is 5.97 Å². The molecular formula is C12H21NO4. The Morgan fingerprint density at radius 3 is 2.47 bits per heavy atom. The van der Waals surface area contributed by atoms with Gasteiger partial charge in [-0.1, -0.05) is 13.8 Å². The molecule has 0 aromatic carbocycles. The standard InChI is InChI=1S/C12H21NO4/c1-8(2)6-13(7-11(14)15)12(16)10-5-4-9(3)17-10/h8-10H,4-7H2,1-3H3,(H,14,15). The third kappa shape index (κ3) is 4.34. The fraction of sp³-hybridized carbons (Fsp3) is 0.833. The fourth-order valence-electron chi connectivity index (χ4n) is 2.02. The highest BCUT2D eigenvalue weighted by atomic mass is 16.5. The molecule has 1 N–H and O–H groups in total. The van der Waals surface area contributed by atoms with Gasteiger partial charge in [0.2, 0.25) is 0 Å². The Labute approximate surface area is 102 Å². The summed E-state index contributed by atoms with van der Waals surface area (Å²) in [6.45, 7) is 6.06. The minimum atomic E-state index is -0.981. The first kappa shape index (κ1) is 14.0. The van der Waals surface area contributed by atoms with Gasteiger partial charge < -0.3 is 14.7 Å². The molecule has 0 aromatic rings. The number of carboxylic acid groups (broad SMARTS) is 1. The molecule has 1 rings (SSSR count). The van der Waals surface area contributed by atoms with Gasteiger partial charge in [-0.3, -0.25) is 9.59 Å². The predicted molar refractivity (Wildman–Crippen MR) is 62.6 cm³/mol. The number of rotatable bonds is 5. The lowest BCUT2D eigenvalue weighted by Gasteiger charge is -2.25. The van der Waals surface area contributed by atoms with E-state index in [0.29, 0.717) is 13.0 Å². The number of carbonyl (C=O) groups excluding carboxylic acids is 1. The van der Waals surface area contributed by atoms with Crippen molar-refractivity contribution in [3.8, 4) is 0 Å². The van der Waals surface area contributed by atoms with Crippen LogP contribution in [0.3, 0.4) is 0 Å². The van der Waals surface area contributed by atoms with E-state index in [4.69, 9.17) is 9.84 Å². The van der Waals surface area contributed by atoms with Crippen LogP contribution in [0.2, 0.25) is 0 Å². The van der Waals surface area contributed by atoms with Gasteiger partial charge in [0, 0.05) is 6.54 Å². The molecule has 0 radical (unpaired) electrons. The topological polar surface area (TPSA) is 66.8 Å². The van der Waals surface area contributed by atoms with Crippen molar-refractivity contribution in [3.63, 3.8) is 0 Å². The molecule has 0 aromatic heterocycles. The van der Waals surface area contributed by atoms with Gasteiger partial charge in [-0.15, -0.1) is 0 Å². The monoisotopic (exact) mass is 243 g/mol. The SMILES string of the molecule is CC(C)CN(CC(=O)O)C(=O)C1CCC(C)O1. The lowest BCUT2D eigenvalue weighted by Crippen LogP contribution is -2.43. The molecule has 1 amide bonds. The Morgan fingerprint density at radius 1 is 1.41 bits per heavy atom. The Bertz CT molecular complexity index is 290. The van der Waals surface area contributed by atoms with Crippen LogP contribution in [0.4, 0.5) is 0 Å². The van der Waals surface area contributed by atoms with E-state index in [9.17, 15) is 9.59 Å². The number of amides is 1. The summed E-state index contributed by atoms with van der Waals surface area (Å²) in [5.41, 5.74) is 0. The molecule has 1 fully saturated rings. The van der Waals surface area contributed by atoms with Crippen molar-refractivity contribution in [3.05, 3.63) is 0 Å². The molecule has 2 atom stereocenters. The van der Waals surface area contributed by atoms with Crippen LogP contribution in [0.5, 0.6) is 0 Å². The normalized spacial score (nSPS) is 24.0. The zero-order valence-electron chi connectivity index (χ0n) is 10.7. The lowest BCUT2D eigenvalue weighted by atomic mass is 10.1. The van der Waals surface area contributed by atoms with Gasteiger partial charge in [0.15, 0.2) is 0 Å². The molecular weight excluding hydrogens is 222 g/mol. The average Bonchev–Trinajstić information content (AvgIpc) is 2.61. The minimum absolute atomic E-state index is 0.0923. The molecule has 0 bridgehead atoms. The van der Waals surface area contributed by atoms with Crippen LogP contribution in [0, 0.1) is 5.92 Å². The van der Waals surface area contributed by atoms with E-state index >= 15 is 0 Å². The second-order valence-electron chi connectivity index (χ2n) is 5.02. The second-order valence-corrected chi connectivity index (χ2v) is 5.02. The summed E-state index contributed by atoms with van der Waals surface area (Å²) in [5, 5.41) is 8.81. The second kappa shape index (κ2) is 6.00. The molecule has 5 nitrogen and oxygen atoms in total. The van der Waals surface area contributed by atoms with Crippen LogP contribution < -0.4 is 0 Å². The van der Waals surface area contributed by atoms with Gasteiger partial charge in [-0.25, -0.2) is 0 Å². The molecule has 1 heterocycles. The highest BCUT2D eigenvalue weighted by molar-refractivity contribution is 5.84. The lowest BCUT2D eigenvalue weighted by molar-refractivity contribution is -0.150. The van der Waals surface area contributed by atoms with Crippen LogP contribution in [0.25, 0.3) is 0 Å². The van der Waals surface area contributed by atoms with E-state index < -0.39 is 12.1 Å². The van der Waals surface area contributed by atoms with Crippen LogP contribution in [0.1, 0.15) is 33.6 Å². The molecule has 0 spiro atoms. The largest absolute Gasteiger partial charge is 0.480 e. The van der Waals surface area contributed by atoms with Gasteiger partial charge in [0.1, 0.15) is 12.6 Å². The van der Waals surface area contributed by atoms with Crippen molar-refractivity contribution in [1.82, 2.24) is 4.90 Å². The third-order valence-corrected chi connectivity index (χ3v) is 2.73. The molecule has 0 saturated carbocycles. The van der Waals surface area contributed by atoms with Crippen LogP contribution in [-0.4, -0.2) is 47.2 Å². The molecule has 17 heavy (non-hydrogen) atoms. The van der Waals surface area contributed by atoms with Crippen molar-refractivity contribution >= 4 is 11.9 Å². The van der Waals surface area contributed by atoms with Crippen molar-refractivity contribution < 1.29 is 19.4 Å². The summed E-state index contributed by atoms with van der Waals surface area (Å²) >= 11 is 0. The van der Waals surface area contributed by atoms with E-state index in [1.165, 1.54) is 4.90 Å². The van der Waals surface area contributed by atoms with Crippen molar-refractivity contribution in [2.75, 3.05) is 13.1 Å². The summed E-state index contributed by atoms with van der Waals surface area (Å²) in [5.74, 6) is -0.923. The fourth-order valence-corrected chi connectivity index (χ4v) is 2.02. The van der Waals surface area contributed by atoms with Crippen LogP contribution in [-0.2, 0) is 14.3 Å². The summed E-state index contributed by atoms with van der Waals surface area (Å²) in [7, 11) is 0. The molecule has 1 aliphatic rings. The first-order valence-corrected chi connectivity index (χ1v) is 6.06. The van der Waals surface area contributed by atoms with Crippen LogP contribution in [0.15, 0.2) is 0 Å². The smallest absolute Gasteiger partial charge is 0.323 e. The first-order valence-electron chi connectivity index (χ1n) is 6.06. The summed E-state index contributed by atoms with van der Waals surface area (Å²) < 4.78 is 5.48. The number of nitrogens with zero attached hydrogens (tertiary/aromatic N) is 1. The maximum absolute atomic E-state index is 12.1. The maximum Gasteiger partial charge on any atom is 0.323 e. The molecule has 1 saturated heterocycles. The summed E-state index contributed by atoms with van der Waals surface area (Å²) in [4.78, 5) is 24.2. The maximum atomic E-state index is 12.1. The molecule has 2 unspecified atom stereocenters. The molecule has 0 aliphatic carbocycles. The summed E-state index contributed by atoms with van der Waals surface area (Å²) in [6.07, 6.45) is 1.19. The Balaban J connectivity index is 2.61. The van der Waals surface area contributed by atoms with Crippen LogP contribution >= 0.6 is 0 Å². The quantitative estimate of drug-likeness (QED) is 0.785.